The van der Waals surface area contributed by atoms with Gasteiger partial charge in [0.2, 0.25) is 5.88 Å². The van der Waals surface area contributed by atoms with Gasteiger partial charge in [0, 0.05) is 46.1 Å². The number of rotatable bonds is 11. The van der Waals surface area contributed by atoms with Crippen LogP contribution in [-0.2, 0) is 11.3 Å². The molecular formula is C23H33IN4O3. The van der Waals surface area contributed by atoms with Crippen LogP contribution in [0.2, 0.25) is 0 Å². The summed E-state index contributed by atoms with van der Waals surface area (Å²) in [6, 6.07) is 11.4. The molecule has 7 nitrogen and oxygen atoms in total. The van der Waals surface area contributed by atoms with Crippen molar-refractivity contribution in [1.29, 1.82) is 0 Å². The lowest BCUT2D eigenvalue weighted by Gasteiger charge is -2.22. The number of likely N-dealkylation sites (N-methyl/N-ethyl adjacent to an activating group) is 1. The largest absolute Gasteiger partial charge is 0.490 e. The Morgan fingerprint density at radius 1 is 1.19 bits per heavy atom. The van der Waals surface area contributed by atoms with Crippen LogP contribution in [0.4, 0.5) is 0 Å². The summed E-state index contributed by atoms with van der Waals surface area (Å²) in [5.74, 6) is 3.51. The second-order valence-electron chi connectivity index (χ2n) is 7.33. The van der Waals surface area contributed by atoms with Crippen molar-refractivity contribution in [1.82, 2.24) is 15.2 Å². The number of hydrogen-bond acceptors (Lipinski definition) is 5. The van der Waals surface area contributed by atoms with Gasteiger partial charge >= 0.3 is 0 Å². The molecule has 1 aliphatic carbocycles. The standard InChI is InChI=1S/C23H32N4O3.HI/c1-4-29-20-7-5-6-8-21(20)30-22-12-11-19(15-25-22)16-26-23(24-2)27(3)13-14-28-17-18-9-10-18;/h5-8,11-12,15,18H,4,9-10,13-14,16-17H2,1-3H3,(H,24,26);1H. The predicted octanol–water partition coefficient (Wildman–Crippen LogP) is 4.32. The van der Waals surface area contributed by atoms with Gasteiger partial charge < -0.3 is 24.4 Å². The number of hydrogen-bond donors (Lipinski definition) is 1. The van der Waals surface area contributed by atoms with Gasteiger partial charge in [-0.25, -0.2) is 4.98 Å². The van der Waals surface area contributed by atoms with Crippen molar-refractivity contribution in [2.75, 3.05) is 40.5 Å². The predicted molar refractivity (Wildman–Crippen MR) is 134 cm³/mol. The first-order valence-corrected chi connectivity index (χ1v) is 10.5. The topological polar surface area (TPSA) is 68.2 Å². The molecule has 0 unspecified atom stereocenters. The lowest BCUT2D eigenvalue weighted by molar-refractivity contribution is 0.115. The van der Waals surface area contributed by atoms with E-state index in [1.807, 2.05) is 50.4 Å². The van der Waals surface area contributed by atoms with Gasteiger partial charge in [0.1, 0.15) is 0 Å². The molecule has 2 aromatic rings. The highest BCUT2D eigenvalue weighted by molar-refractivity contribution is 14.0. The molecule has 0 atom stereocenters. The van der Waals surface area contributed by atoms with Crippen molar-refractivity contribution in [3.8, 4) is 17.4 Å². The van der Waals surface area contributed by atoms with E-state index in [0.29, 0.717) is 37.1 Å². The summed E-state index contributed by atoms with van der Waals surface area (Å²) in [5, 5.41) is 3.36. The summed E-state index contributed by atoms with van der Waals surface area (Å²) < 4.78 is 17.2. The third-order valence-electron chi connectivity index (χ3n) is 4.81. The Morgan fingerprint density at radius 3 is 2.61 bits per heavy atom. The molecule has 1 N–H and O–H groups in total. The van der Waals surface area contributed by atoms with Crippen molar-refractivity contribution in [2.24, 2.45) is 10.9 Å². The monoisotopic (exact) mass is 540 g/mol. The lowest BCUT2D eigenvalue weighted by Crippen LogP contribution is -2.40. The Kier molecular flexibility index (Phi) is 10.9. The van der Waals surface area contributed by atoms with Gasteiger partial charge in [-0.05, 0) is 43.4 Å². The third-order valence-corrected chi connectivity index (χ3v) is 4.81. The molecule has 0 amide bonds. The highest BCUT2D eigenvalue weighted by Crippen LogP contribution is 2.30. The summed E-state index contributed by atoms with van der Waals surface area (Å²) in [4.78, 5) is 10.8. The van der Waals surface area contributed by atoms with Crippen LogP contribution >= 0.6 is 24.0 Å². The molecule has 1 saturated carbocycles. The number of pyridine rings is 1. The number of aliphatic imine (C=N–C) groups is 1. The third kappa shape index (κ3) is 8.53. The highest BCUT2D eigenvalue weighted by Gasteiger charge is 2.21. The van der Waals surface area contributed by atoms with Crippen LogP contribution in [0.3, 0.4) is 0 Å². The first kappa shape index (κ1) is 25.2. The van der Waals surface area contributed by atoms with Crippen LogP contribution in [-0.4, -0.2) is 56.3 Å². The summed E-state index contributed by atoms with van der Waals surface area (Å²) in [7, 11) is 3.80. The van der Waals surface area contributed by atoms with Crippen LogP contribution in [0.25, 0.3) is 0 Å². The quantitative estimate of drug-likeness (QED) is 0.198. The van der Waals surface area contributed by atoms with Gasteiger partial charge in [0.15, 0.2) is 17.5 Å². The van der Waals surface area contributed by atoms with E-state index < -0.39 is 0 Å². The molecular weight excluding hydrogens is 507 g/mol. The van der Waals surface area contributed by atoms with E-state index in [9.17, 15) is 0 Å². The van der Waals surface area contributed by atoms with Crippen molar-refractivity contribution < 1.29 is 14.2 Å². The molecule has 31 heavy (non-hydrogen) atoms. The van der Waals surface area contributed by atoms with Crippen LogP contribution in [0.15, 0.2) is 47.6 Å². The zero-order valence-corrected chi connectivity index (χ0v) is 20.9. The second kappa shape index (κ2) is 13.4. The van der Waals surface area contributed by atoms with Crippen LogP contribution in [0.1, 0.15) is 25.3 Å². The molecule has 1 aromatic carbocycles. The van der Waals surface area contributed by atoms with Crippen molar-refractivity contribution in [3.05, 3.63) is 48.2 Å². The summed E-state index contributed by atoms with van der Waals surface area (Å²) >= 11 is 0. The molecule has 1 aromatic heterocycles. The molecule has 1 fully saturated rings. The number of guanidine groups is 1. The average Bonchev–Trinajstić information content (AvgIpc) is 3.59. The minimum atomic E-state index is 0. The Labute approximate surface area is 202 Å². The molecule has 1 heterocycles. The SMILES string of the molecule is CCOc1ccccc1Oc1ccc(CNC(=NC)N(C)CCOCC2CC2)cn1.I. The Hall–Kier alpha value is -2.07. The number of nitrogens with zero attached hydrogens (tertiary/aromatic N) is 3. The fraction of sp³-hybridized carbons (Fsp3) is 0.478. The van der Waals surface area contributed by atoms with Gasteiger partial charge in [-0.3, -0.25) is 4.99 Å². The molecule has 0 spiro atoms. The fourth-order valence-electron chi connectivity index (χ4n) is 2.91. The highest BCUT2D eigenvalue weighted by atomic mass is 127. The van der Waals surface area contributed by atoms with E-state index in [4.69, 9.17) is 14.2 Å². The van der Waals surface area contributed by atoms with E-state index in [1.165, 1.54) is 12.8 Å². The summed E-state index contributed by atoms with van der Waals surface area (Å²) in [6.45, 7) is 5.56. The van der Waals surface area contributed by atoms with E-state index in [1.54, 1.807) is 13.2 Å². The number of halogens is 1. The number of para-hydroxylation sites is 2. The first-order valence-electron chi connectivity index (χ1n) is 10.5. The van der Waals surface area contributed by atoms with E-state index in [2.05, 4.69) is 20.2 Å². The smallest absolute Gasteiger partial charge is 0.219 e. The maximum absolute atomic E-state index is 5.88. The molecule has 170 valence electrons. The maximum Gasteiger partial charge on any atom is 0.219 e. The lowest BCUT2D eigenvalue weighted by atomic mass is 10.3. The van der Waals surface area contributed by atoms with Crippen molar-refractivity contribution in [2.45, 2.75) is 26.3 Å². The van der Waals surface area contributed by atoms with Gasteiger partial charge in [-0.1, -0.05) is 18.2 Å². The van der Waals surface area contributed by atoms with E-state index in [0.717, 1.165) is 30.6 Å². The molecule has 0 bridgehead atoms. The van der Waals surface area contributed by atoms with Gasteiger partial charge in [-0.2, -0.15) is 0 Å². The minimum absolute atomic E-state index is 0. The van der Waals surface area contributed by atoms with Gasteiger partial charge in [0.05, 0.1) is 13.2 Å². The Bertz CT molecular complexity index is 813. The fourth-order valence-corrected chi connectivity index (χ4v) is 2.91. The van der Waals surface area contributed by atoms with Crippen LogP contribution in [0, 0.1) is 5.92 Å². The summed E-state index contributed by atoms with van der Waals surface area (Å²) in [5.41, 5.74) is 1.04. The molecule has 8 heteroatoms. The Balaban J connectivity index is 0.00000341. The molecule has 0 saturated heterocycles. The Morgan fingerprint density at radius 2 is 1.97 bits per heavy atom. The average molecular weight is 540 g/mol. The first-order chi connectivity index (χ1) is 14.7. The zero-order valence-electron chi connectivity index (χ0n) is 18.5. The van der Waals surface area contributed by atoms with Crippen molar-refractivity contribution >= 4 is 29.9 Å². The summed E-state index contributed by atoms with van der Waals surface area (Å²) in [6.07, 6.45) is 4.43. The van der Waals surface area contributed by atoms with Crippen LogP contribution in [0.5, 0.6) is 17.4 Å². The number of ether oxygens (including phenoxy) is 3. The molecule has 0 aliphatic heterocycles. The second-order valence-corrected chi connectivity index (χ2v) is 7.33. The van der Waals surface area contributed by atoms with Crippen molar-refractivity contribution in [3.63, 3.8) is 0 Å². The number of nitrogens with one attached hydrogen (secondary N) is 1. The van der Waals surface area contributed by atoms with Gasteiger partial charge in [0.25, 0.3) is 0 Å². The van der Waals surface area contributed by atoms with E-state index >= 15 is 0 Å². The minimum Gasteiger partial charge on any atom is -0.490 e. The molecule has 0 radical (unpaired) electrons. The van der Waals surface area contributed by atoms with Crippen LogP contribution < -0.4 is 14.8 Å². The molecule has 3 rings (SSSR count). The normalized spacial score (nSPS) is 13.3. The zero-order chi connectivity index (χ0) is 21.2. The maximum atomic E-state index is 5.88. The number of aromatic nitrogens is 1. The number of benzene rings is 1. The van der Waals surface area contributed by atoms with Gasteiger partial charge in [-0.15, -0.1) is 24.0 Å². The van der Waals surface area contributed by atoms with E-state index in [-0.39, 0.29) is 24.0 Å². The molecule has 1 aliphatic rings.